The molecule has 1 aliphatic carbocycles. The Morgan fingerprint density at radius 1 is 1.17 bits per heavy atom. The second kappa shape index (κ2) is 10.3. The van der Waals surface area contributed by atoms with E-state index in [0.717, 1.165) is 43.6 Å². The topological polar surface area (TPSA) is 33.7 Å². The molecule has 0 bridgehead atoms. The van der Waals surface area contributed by atoms with Gasteiger partial charge >= 0.3 is 0 Å². The maximum atomic E-state index is 5.66. The smallest absolute Gasteiger partial charge is 0.161 e. The van der Waals surface area contributed by atoms with E-state index in [9.17, 15) is 0 Å². The summed E-state index contributed by atoms with van der Waals surface area (Å²) >= 11 is 0. The number of piperazine rings is 1. The fraction of sp³-hybridized carbons (Fsp3) is 0.667. The van der Waals surface area contributed by atoms with E-state index in [2.05, 4.69) is 28.4 Å². The lowest BCUT2D eigenvalue weighted by molar-refractivity contribution is 0.0835. The molecular formula is C18H30Cl2N2O2. The van der Waals surface area contributed by atoms with Crippen LogP contribution in [0.15, 0.2) is 18.2 Å². The van der Waals surface area contributed by atoms with Crippen LogP contribution >= 0.6 is 24.8 Å². The molecule has 1 aliphatic heterocycles. The SMILES string of the molecule is CCOc1ccc([C@@H](C2CCC2)N2CCNCC2)cc1OC.Cl.Cl. The Morgan fingerprint density at radius 2 is 1.88 bits per heavy atom. The Labute approximate surface area is 158 Å². The number of hydrogen-bond acceptors (Lipinski definition) is 4. The van der Waals surface area contributed by atoms with Crippen molar-refractivity contribution < 1.29 is 9.47 Å². The zero-order valence-electron chi connectivity index (χ0n) is 14.6. The molecule has 6 heteroatoms. The molecule has 0 aromatic heterocycles. The molecule has 138 valence electrons. The van der Waals surface area contributed by atoms with E-state index in [4.69, 9.17) is 9.47 Å². The minimum absolute atomic E-state index is 0. The monoisotopic (exact) mass is 376 g/mol. The van der Waals surface area contributed by atoms with Gasteiger partial charge < -0.3 is 14.8 Å². The van der Waals surface area contributed by atoms with Gasteiger partial charge in [-0.05, 0) is 43.4 Å². The highest BCUT2D eigenvalue weighted by Gasteiger charge is 2.33. The predicted molar refractivity (Wildman–Crippen MR) is 103 cm³/mol. The minimum atomic E-state index is 0. The first-order valence-electron chi connectivity index (χ1n) is 8.59. The van der Waals surface area contributed by atoms with Crippen molar-refractivity contribution in [3.8, 4) is 11.5 Å². The maximum Gasteiger partial charge on any atom is 0.161 e. The van der Waals surface area contributed by atoms with Crippen molar-refractivity contribution in [2.24, 2.45) is 5.92 Å². The predicted octanol–water partition coefficient (Wildman–Crippen LogP) is 3.68. The fourth-order valence-electron chi connectivity index (χ4n) is 3.64. The molecule has 1 atom stereocenters. The van der Waals surface area contributed by atoms with Crippen LogP contribution in [-0.4, -0.2) is 44.8 Å². The third-order valence-corrected chi connectivity index (χ3v) is 4.97. The molecule has 0 unspecified atom stereocenters. The standard InChI is InChI=1S/C18H28N2O2.2ClH/c1-3-22-16-8-7-15(13-17(16)21-2)18(14-5-4-6-14)20-11-9-19-10-12-20;;/h7-8,13-14,18-19H,3-6,9-12H2,1-2H3;2*1H/t18-;;/m1../s1. The first-order valence-corrected chi connectivity index (χ1v) is 8.59. The highest BCUT2D eigenvalue weighted by Crippen LogP contribution is 2.43. The van der Waals surface area contributed by atoms with Crippen LogP contribution in [0.1, 0.15) is 37.8 Å². The van der Waals surface area contributed by atoms with Gasteiger partial charge in [-0.25, -0.2) is 0 Å². The molecule has 4 nitrogen and oxygen atoms in total. The van der Waals surface area contributed by atoms with Crippen LogP contribution in [0, 0.1) is 5.92 Å². The Morgan fingerprint density at radius 3 is 2.42 bits per heavy atom. The van der Waals surface area contributed by atoms with Crippen molar-refractivity contribution in [2.45, 2.75) is 32.2 Å². The molecular weight excluding hydrogens is 347 g/mol. The van der Waals surface area contributed by atoms with E-state index in [1.807, 2.05) is 6.92 Å². The van der Waals surface area contributed by atoms with E-state index in [0.29, 0.717) is 12.6 Å². The van der Waals surface area contributed by atoms with Gasteiger partial charge in [0.2, 0.25) is 0 Å². The number of methoxy groups -OCH3 is 1. The summed E-state index contributed by atoms with van der Waals surface area (Å²) in [5.74, 6) is 2.50. The Balaban J connectivity index is 0.00000144. The van der Waals surface area contributed by atoms with E-state index in [1.54, 1.807) is 7.11 Å². The second-order valence-corrected chi connectivity index (χ2v) is 6.27. The quantitative estimate of drug-likeness (QED) is 0.820. The van der Waals surface area contributed by atoms with E-state index >= 15 is 0 Å². The molecule has 1 aromatic carbocycles. The number of nitrogens with zero attached hydrogens (tertiary/aromatic N) is 1. The highest BCUT2D eigenvalue weighted by molar-refractivity contribution is 5.85. The summed E-state index contributed by atoms with van der Waals surface area (Å²) in [6.45, 7) is 7.13. The number of benzene rings is 1. The molecule has 1 aromatic rings. The van der Waals surface area contributed by atoms with Gasteiger partial charge in [0.25, 0.3) is 0 Å². The molecule has 1 saturated heterocycles. The largest absolute Gasteiger partial charge is 0.493 e. The van der Waals surface area contributed by atoms with E-state index < -0.39 is 0 Å². The van der Waals surface area contributed by atoms with Crippen LogP contribution in [0.2, 0.25) is 0 Å². The molecule has 0 spiro atoms. The zero-order chi connectivity index (χ0) is 15.4. The average Bonchev–Trinajstić information content (AvgIpc) is 2.52. The molecule has 24 heavy (non-hydrogen) atoms. The van der Waals surface area contributed by atoms with Gasteiger partial charge in [-0.3, -0.25) is 4.90 Å². The van der Waals surface area contributed by atoms with Gasteiger partial charge in [-0.2, -0.15) is 0 Å². The van der Waals surface area contributed by atoms with Gasteiger partial charge in [0.15, 0.2) is 11.5 Å². The summed E-state index contributed by atoms with van der Waals surface area (Å²) in [6, 6.07) is 7.03. The number of halogens is 2. The molecule has 1 saturated carbocycles. The van der Waals surface area contributed by atoms with Crippen LogP contribution in [0.3, 0.4) is 0 Å². The third kappa shape index (κ3) is 4.69. The van der Waals surface area contributed by atoms with Crippen molar-refractivity contribution in [1.29, 1.82) is 0 Å². The van der Waals surface area contributed by atoms with E-state index in [-0.39, 0.29) is 24.8 Å². The first kappa shape index (κ1) is 21.4. The van der Waals surface area contributed by atoms with Crippen LogP contribution < -0.4 is 14.8 Å². The summed E-state index contributed by atoms with van der Waals surface area (Å²) in [4.78, 5) is 2.65. The normalized spacial score (nSPS) is 19.4. The van der Waals surface area contributed by atoms with Crippen molar-refractivity contribution in [2.75, 3.05) is 39.9 Å². The van der Waals surface area contributed by atoms with Gasteiger partial charge in [0, 0.05) is 32.2 Å². The van der Waals surface area contributed by atoms with Gasteiger partial charge in [0.1, 0.15) is 0 Å². The third-order valence-electron chi connectivity index (χ3n) is 4.97. The summed E-state index contributed by atoms with van der Waals surface area (Å²) in [5, 5.41) is 3.46. The van der Waals surface area contributed by atoms with Crippen LogP contribution in [0.5, 0.6) is 11.5 Å². The highest BCUT2D eigenvalue weighted by atomic mass is 35.5. The lowest BCUT2D eigenvalue weighted by atomic mass is 9.76. The number of nitrogens with one attached hydrogen (secondary N) is 1. The van der Waals surface area contributed by atoms with Crippen molar-refractivity contribution in [3.63, 3.8) is 0 Å². The number of rotatable bonds is 6. The molecule has 1 heterocycles. The van der Waals surface area contributed by atoms with E-state index in [1.165, 1.54) is 24.8 Å². The van der Waals surface area contributed by atoms with Crippen LogP contribution in [-0.2, 0) is 0 Å². The van der Waals surface area contributed by atoms with Crippen molar-refractivity contribution in [3.05, 3.63) is 23.8 Å². The van der Waals surface area contributed by atoms with Crippen LogP contribution in [0.25, 0.3) is 0 Å². The van der Waals surface area contributed by atoms with Crippen molar-refractivity contribution in [1.82, 2.24) is 10.2 Å². The second-order valence-electron chi connectivity index (χ2n) is 6.27. The number of ether oxygens (including phenoxy) is 2. The molecule has 1 N–H and O–H groups in total. The lowest BCUT2D eigenvalue weighted by Gasteiger charge is -2.43. The van der Waals surface area contributed by atoms with Gasteiger partial charge in [0.05, 0.1) is 13.7 Å². The summed E-state index contributed by atoms with van der Waals surface area (Å²) in [5.41, 5.74) is 1.38. The molecule has 0 radical (unpaired) electrons. The summed E-state index contributed by atoms with van der Waals surface area (Å²) < 4.78 is 11.2. The molecule has 2 aliphatic rings. The number of hydrogen-bond donors (Lipinski definition) is 1. The Bertz CT molecular complexity index is 492. The first-order chi connectivity index (χ1) is 10.8. The fourth-order valence-corrected chi connectivity index (χ4v) is 3.64. The van der Waals surface area contributed by atoms with Crippen LogP contribution in [0.4, 0.5) is 0 Å². The molecule has 3 rings (SSSR count). The average molecular weight is 377 g/mol. The summed E-state index contributed by atoms with van der Waals surface area (Å²) in [6.07, 6.45) is 4.08. The Kier molecular flexibility index (Phi) is 9.21. The zero-order valence-corrected chi connectivity index (χ0v) is 16.3. The summed E-state index contributed by atoms with van der Waals surface area (Å²) in [7, 11) is 1.73. The molecule has 0 amide bonds. The van der Waals surface area contributed by atoms with Gasteiger partial charge in [-0.15, -0.1) is 24.8 Å². The van der Waals surface area contributed by atoms with Gasteiger partial charge in [-0.1, -0.05) is 12.5 Å². The molecule has 2 fully saturated rings. The maximum absolute atomic E-state index is 5.66. The Hall–Kier alpha value is -0.680. The lowest BCUT2D eigenvalue weighted by Crippen LogP contribution is -2.47. The minimum Gasteiger partial charge on any atom is -0.493 e. The van der Waals surface area contributed by atoms with Crippen molar-refractivity contribution >= 4 is 24.8 Å².